The molecule has 16 heteroatoms. The molecule has 2 rings (SSSR count). The topological polar surface area (TPSA) is 181 Å². The van der Waals surface area contributed by atoms with Gasteiger partial charge in [0, 0.05) is 18.4 Å². The van der Waals surface area contributed by atoms with E-state index in [1.165, 1.54) is 0 Å². The first-order valence-electron chi connectivity index (χ1n) is 7.42. The molecular weight excluding hydrogens is 396 g/mol. The fraction of sp³-hybridized carbons (Fsp3) is 1.00. The van der Waals surface area contributed by atoms with Crippen molar-refractivity contribution in [2.45, 2.75) is 48.9 Å². The Labute approximate surface area is 151 Å². The summed E-state index contributed by atoms with van der Waals surface area (Å²) in [5.41, 5.74) is 0. The summed E-state index contributed by atoms with van der Waals surface area (Å²) in [6.07, 6.45) is -6.08. The highest BCUT2D eigenvalue weighted by atomic mass is 31.2. The maximum Gasteiger partial charge on any atom is 0.472 e. The van der Waals surface area contributed by atoms with Crippen LogP contribution in [0.4, 0.5) is 0 Å². The lowest BCUT2D eigenvalue weighted by molar-refractivity contribution is -0.0208. The van der Waals surface area contributed by atoms with Crippen LogP contribution in [0, 0.1) is 0 Å². The smallest absolute Gasteiger partial charge is 0.391 e. The number of ether oxygens (including phenoxy) is 2. The molecule has 0 aliphatic carbocycles. The standard InChI is InChI=1S/C10H18B2O12P2/c11-9-5(13)1-4(22-9)2-21-26(18,19)24-8-6(3-20-25(15,16)17)23-10(12)7(8)14/h4-10,13-14H,1-3H2,(H,18,19)(H2,15,16,17)/t4-,5?,6+,7-,8-,9+,10+/m0/s1. The van der Waals surface area contributed by atoms with E-state index < -0.39 is 71.4 Å². The minimum Gasteiger partial charge on any atom is -0.391 e. The van der Waals surface area contributed by atoms with Crippen molar-refractivity contribution in [2.24, 2.45) is 0 Å². The molecule has 4 radical (unpaired) electrons. The lowest BCUT2D eigenvalue weighted by Gasteiger charge is -2.24. The van der Waals surface area contributed by atoms with Gasteiger partial charge in [-0.2, -0.15) is 0 Å². The van der Waals surface area contributed by atoms with Crippen LogP contribution in [0.15, 0.2) is 0 Å². The third kappa shape index (κ3) is 6.37. The van der Waals surface area contributed by atoms with Crippen LogP contribution in [0.25, 0.3) is 0 Å². The average Bonchev–Trinajstić information content (AvgIpc) is 2.96. The Hall–Kier alpha value is 0.190. The molecule has 2 unspecified atom stereocenters. The Balaban J connectivity index is 1.91. The highest BCUT2D eigenvalue weighted by molar-refractivity contribution is 7.47. The molecule has 146 valence electrons. The van der Waals surface area contributed by atoms with Crippen LogP contribution in [-0.4, -0.2) is 96.3 Å². The van der Waals surface area contributed by atoms with Gasteiger partial charge in [0.2, 0.25) is 0 Å². The van der Waals surface area contributed by atoms with Gasteiger partial charge < -0.3 is 34.4 Å². The van der Waals surface area contributed by atoms with Crippen molar-refractivity contribution >= 4 is 31.3 Å². The summed E-state index contributed by atoms with van der Waals surface area (Å²) in [4.78, 5) is 27.2. The molecule has 2 saturated heterocycles. The fourth-order valence-electron chi connectivity index (χ4n) is 2.44. The van der Waals surface area contributed by atoms with Crippen molar-refractivity contribution in [1.29, 1.82) is 0 Å². The largest absolute Gasteiger partial charge is 0.472 e. The van der Waals surface area contributed by atoms with Crippen LogP contribution < -0.4 is 0 Å². The summed E-state index contributed by atoms with van der Waals surface area (Å²) in [5.74, 6) is 0. The van der Waals surface area contributed by atoms with E-state index in [2.05, 4.69) is 4.52 Å². The summed E-state index contributed by atoms with van der Waals surface area (Å²) in [5, 5.41) is 19.3. The van der Waals surface area contributed by atoms with Crippen LogP contribution in [0.5, 0.6) is 0 Å². The number of phosphoric ester groups is 2. The third-order valence-electron chi connectivity index (χ3n) is 3.69. The van der Waals surface area contributed by atoms with E-state index in [1.807, 2.05) is 0 Å². The maximum atomic E-state index is 12.0. The van der Waals surface area contributed by atoms with Crippen LogP contribution in [0.3, 0.4) is 0 Å². The number of hydrogen-bond donors (Lipinski definition) is 5. The van der Waals surface area contributed by atoms with Crippen molar-refractivity contribution in [3.05, 3.63) is 0 Å². The van der Waals surface area contributed by atoms with Crippen molar-refractivity contribution in [2.75, 3.05) is 13.2 Å². The van der Waals surface area contributed by atoms with Gasteiger partial charge in [-0.05, 0) is 0 Å². The molecule has 0 aromatic carbocycles. The van der Waals surface area contributed by atoms with Gasteiger partial charge in [-0.3, -0.25) is 13.6 Å². The first-order chi connectivity index (χ1) is 11.9. The van der Waals surface area contributed by atoms with Gasteiger partial charge in [0.1, 0.15) is 34.0 Å². The molecule has 0 aromatic rings. The van der Waals surface area contributed by atoms with Crippen LogP contribution in [-0.2, 0) is 32.2 Å². The predicted molar refractivity (Wildman–Crippen MR) is 84.1 cm³/mol. The Morgan fingerprint density at radius 1 is 1.00 bits per heavy atom. The second-order valence-corrected chi connectivity index (χ2v) is 8.42. The molecule has 0 amide bonds. The molecular formula is C10H18B2O12P2. The van der Waals surface area contributed by atoms with Crippen molar-refractivity contribution in [3.8, 4) is 0 Å². The monoisotopic (exact) mass is 414 g/mol. The highest BCUT2D eigenvalue weighted by Crippen LogP contribution is 2.48. The Kier molecular flexibility index (Phi) is 7.51. The molecule has 12 nitrogen and oxygen atoms in total. The van der Waals surface area contributed by atoms with Gasteiger partial charge in [0.15, 0.2) is 0 Å². The summed E-state index contributed by atoms with van der Waals surface area (Å²) < 4.78 is 46.7. The van der Waals surface area contributed by atoms with E-state index in [0.717, 1.165) is 0 Å². The zero-order chi connectivity index (χ0) is 19.7. The molecule has 8 atom stereocenters. The molecule has 2 fully saturated rings. The van der Waals surface area contributed by atoms with Gasteiger partial charge in [-0.1, -0.05) is 0 Å². The zero-order valence-electron chi connectivity index (χ0n) is 13.3. The van der Waals surface area contributed by atoms with Crippen molar-refractivity contribution in [3.63, 3.8) is 0 Å². The molecule has 0 aromatic heterocycles. The molecule has 0 spiro atoms. The van der Waals surface area contributed by atoms with Crippen molar-refractivity contribution in [1.82, 2.24) is 0 Å². The van der Waals surface area contributed by atoms with Crippen molar-refractivity contribution < 1.29 is 57.1 Å². The Morgan fingerprint density at radius 3 is 2.19 bits per heavy atom. The van der Waals surface area contributed by atoms with Crippen LogP contribution in [0.1, 0.15) is 6.42 Å². The maximum absolute atomic E-state index is 12.0. The summed E-state index contributed by atoms with van der Waals surface area (Å²) in [6.45, 7) is -1.19. The molecule has 5 N–H and O–H groups in total. The van der Waals surface area contributed by atoms with Gasteiger partial charge in [-0.25, -0.2) is 9.13 Å². The minimum atomic E-state index is -4.85. The number of hydrogen-bond acceptors (Lipinski definition) is 9. The summed E-state index contributed by atoms with van der Waals surface area (Å²) in [7, 11) is 1.28. The molecule has 2 aliphatic rings. The van der Waals surface area contributed by atoms with Crippen LogP contribution >= 0.6 is 15.6 Å². The number of aliphatic hydroxyl groups is 2. The summed E-state index contributed by atoms with van der Waals surface area (Å²) >= 11 is 0. The number of phosphoric acid groups is 2. The Bertz CT molecular complexity index is 564. The summed E-state index contributed by atoms with van der Waals surface area (Å²) in [6, 6.07) is -2.28. The van der Waals surface area contributed by atoms with Gasteiger partial charge >= 0.3 is 15.6 Å². The van der Waals surface area contributed by atoms with Crippen LogP contribution in [0.2, 0.25) is 0 Å². The van der Waals surface area contributed by atoms with Gasteiger partial charge in [0.05, 0.1) is 25.4 Å². The van der Waals surface area contributed by atoms with E-state index in [0.29, 0.717) is 0 Å². The average molecular weight is 414 g/mol. The quantitative estimate of drug-likeness (QED) is 0.208. The van der Waals surface area contributed by atoms with E-state index >= 15 is 0 Å². The first-order valence-corrected chi connectivity index (χ1v) is 10.4. The highest BCUT2D eigenvalue weighted by Gasteiger charge is 2.47. The molecule has 0 saturated carbocycles. The van der Waals surface area contributed by atoms with E-state index in [-0.39, 0.29) is 6.42 Å². The third-order valence-corrected chi connectivity index (χ3v) is 5.16. The molecule has 0 bridgehead atoms. The Morgan fingerprint density at radius 2 is 1.65 bits per heavy atom. The fourth-order valence-corrected chi connectivity index (χ4v) is 3.77. The lowest BCUT2D eigenvalue weighted by atomic mass is 9.93. The predicted octanol–water partition coefficient (Wildman–Crippen LogP) is -2.50. The zero-order valence-corrected chi connectivity index (χ0v) is 15.1. The van der Waals surface area contributed by atoms with E-state index in [4.69, 9.17) is 44.0 Å². The number of rotatable bonds is 8. The minimum absolute atomic E-state index is 0.0833. The van der Waals surface area contributed by atoms with Gasteiger partial charge in [-0.15, -0.1) is 0 Å². The van der Waals surface area contributed by atoms with Gasteiger partial charge in [0.25, 0.3) is 0 Å². The first kappa shape index (κ1) is 22.5. The van der Waals surface area contributed by atoms with E-state index in [1.54, 1.807) is 0 Å². The number of aliphatic hydroxyl groups excluding tert-OH is 2. The second-order valence-electron chi connectivity index (χ2n) is 5.78. The lowest BCUT2D eigenvalue weighted by Crippen LogP contribution is -2.36. The SMILES string of the molecule is [B][C@@H]1O[C@H](COP(=O)(O)O[C@@H]2[C@H](O)[C@H]([B])O[C@@H]2COP(=O)(O)O)CC1O. The second kappa shape index (κ2) is 8.69. The molecule has 2 heterocycles. The molecule has 26 heavy (non-hydrogen) atoms. The van der Waals surface area contributed by atoms with E-state index in [9.17, 15) is 24.2 Å². The normalized spacial score (nSPS) is 40.6. The molecule has 2 aliphatic heterocycles.